The van der Waals surface area contributed by atoms with E-state index in [1.165, 1.54) is 0 Å². The van der Waals surface area contributed by atoms with Crippen molar-refractivity contribution in [2.45, 2.75) is 13.3 Å². The van der Waals surface area contributed by atoms with E-state index in [1.807, 2.05) is 37.3 Å². The molecule has 0 spiro atoms. The molecule has 1 aromatic heterocycles. The number of oxazole rings is 1. The second kappa shape index (κ2) is 3.97. The zero-order valence-corrected chi connectivity index (χ0v) is 8.40. The Kier molecular flexibility index (Phi) is 2.51. The molecule has 0 bridgehead atoms. The number of benzene rings is 1. The van der Waals surface area contributed by atoms with E-state index in [0.717, 1.165) is 17.0 Å². The molecule has 2 aromatic rings. The van der Waals surface area contributed by atoms with Crippen LogP contribution in [0.25, 0.3) is 11.5 Å². The van der Waals surface area contributed by atoms with E-state index in [9.17, 15) is 0 Å². The molecular weight excluding hydrogens is 188 g/mol. The standard InChI is InChI=1S/C12H10N2O/c1-9-11(7-8-13)14-12(15-9)10-5-3-2-4-6-10/h2-6H,7H2,1H3. The van der Waals surface area contributed by atoms with Crippen LogP contribution in [0.1, 0.15) is 11.5 Å². The van der Waals surface area contributed by atoms with Gasteiger partial charge in [-0.25, -0.2) is 4.98 Å². The summed E-state index contributed by atoms with van der Waals surface area (Å²) in [5, 5.41) is 8.59. The van der Waals surface area contributed by atoms with Crippen molar-refractivity contribution in [2.24, 2.45) is 0 Å². The number of hydrogen-bond donors (Lipinski definition) is 0. The van der Waals surface area contributed by atoms with E-state index in [-0.39, 0.29) is 0 Å². The monoisotopic (exact) mass is 198 g/mol. The van der Waals surface area contributed by atoms with Gasteiger partial charge in [0.2, 0.25) is 5.89 Å². The SMILES string of the molecule is Cc1oc(-c2ccccc2)nc1CC#N. The highest BCUT2D eigenvalue weighted by Crippen LogP contribution is 2.21. The topological polar surface area (TPSA) is 49.8 Å². The highest BCUT2D eigenvalue weighted by molar-refractivity contribution is 5.53. The maximum Gasteiger partial charge on any atom is 0.226 e. The van der Waals surface area contributed by atoms with E-state index in [1.54, 1.807) is 0 Å². The lowest BCUT2D eigenvalue weighted by molar-refractivity contribution is 0.540. The number of nitrogens with zero attached hydrogens (tertiary/aromatic N) is 2. The van der Waals surface area contributed by atoms with Crippen LogP contribution in [0.5, 0.6) is 0 Å². The van der Waals surface area contributed by atoms with Gasteiger partial charge in [-0.2, -0.15) is 5.26 Å². The summed E-state index contributed by atoms with van der Waals surface area (Å²) in [5.41, 5.74) is 1.65. The zero-order chi connectivity index (χ0) is 10.7. The van der Waals surface area contributed by atoms with Gasteiger partial charge in [0.1, 0.15) is 5.76 Å². The van der Waals surface area contributed by atoms with Crippen LogP contribution in [0.2, 0.25) is 0 Å². The van der Waals surface area contributed by atoms with Gasteiger partial charge in [-0.3, -0.25) is 0 Å². The predicted molar refractivity (Wildman–Crippen MR) is 56.0 cm³/mol. The van der Waals surface area contributed by atoms with Crippen molar-refractivity contribution in [1.82, 2.24) is 4.98 Å². The maximum absolute atomic E-state index is 8.59. The number of rotatable bonds is 2. The van der Waals surface area contributed by atoms with Crippen LogP contribution in [-0.2, 0) is 6.42 Å². The molecule has 0 unspecified atom stereocenters. The molecule has 0 N–H and O–H groups in total. The van der Waals surface area contributed by atoms with Crippen LogP contribution in [0.15, 0.2) is 34.7 Å². The molecule has 0 atom stereocenters. The summed E-state index contributed by atoms with van der Waals surface area (Å²) >= 11 is 0. The van der Waals surface area contributed by atoms with Crippen molar-refractivity contribution < 1.29 is 4.42 Å². The second-order valence-corrected chi connectivity index (χ2v) is 3.22. The lowest BCUT2D eigenvalue weighted by atomic mass is 10.2. The lowest BCUT2D eigenvalue weighted by Gasteiger charge is -1.91. The molecule has 1 aromatic carbocycles. The van der Waals surface area contributed by atoms with Gasteiger partial charge in [-0.1, -0.05) is 18.2 Å². The molecule has 15 heavy (non-hydrogen) atoms. The summed E-state index contributed by atoms with van der Waals surface area (Å²) in [7, 11) is 0. The number of nitriles is 1. The fourth-order valence-electron chi connectivity index (χ4n) is 1.37. The predicted octanol–water partition coefficient (Wildman–Crippen LogP) is 2.72. The molecule has 3 nitrogen and oxygen atoms in total. The Bertz CT molecular complexity index is 494. The average molecular weight is 198 g/mol. The molecular formula is C12H10N2O. The van der Waals surface area contributed by atoms with Crippen LogP contribution in [-0.4, -0.2) is 4.98 Å². The Morgan fingerprint density at radius 1 is 1.33 bits per heavy atom. The van der Waals surface area contributed by atoms with E-state index in [0.29, 0.717) is 12.3 Å². The van der Waals surface area contributed by atoms with Gasteiger partial charge >= 0.3 is 0 Å². The van der Waals surface area contributed by atoms with Gasteiger partial charge in [-0.15, -0.1) is 0 Å². The Hall–Kier alpha value is -2.08. The summed E-state index contributed by atoms with van der Waals surface area (Å²) in [6.45, 7) is 1.83. The molecule has 0 aliphatic rings. The molecule has 1 heterocycles. The second-order valence-electron chi connectivity index (χ2n) is 3.22. The summed E-state index contributed by atoms with van der Waals surface area (Å²) in [5.74, 6) is 1.30. The molecule has 0 saturated heterocycles. The van der Waals surface area contributed by atoms with Gasteiger partial charge in [0.25, 0.3) is 0 Å². The third kappa shape index (κ3) is 1.89. The first-order valence-corrected chi connectivity index (χ1v) is 4.70. The quantitative estimate of drug-likeness (QED) is 0.745. The van der Waals surface area contributed by atoms with Crippen LogP contribution in [0.4, 0.5) is 0 Å². The molecule has 2 rings (SSSR count). The first-order chi connectivity index (χ1) is 7.31. The fourth-order valence-corrected chi connectivity index (χ4v) is 1.37. The van der Waals surface area contributed by atoms with Gasteiger partial charge in [0, 0.05) is 5.56 Å². The molecule has 3 heteroatoms. The van der Waals surface area contributed by atoms with Crippen LogP contribution in [0, 0.1) is 18.3 Å². The number of aryl methyl sites for hydroxylation is 1. The molecule has 0 radical (unpaired) electrons. The van der Waals surface area contributed by atoms with Crippen molar-refractivity contribution in [3.8, 4) is 17.5 Å². The minimum atomic E-state index is 0.294. The van der Waals surface area contributed by atoms with E-state index >= 15 is 0 Å². The van der Waals surface area contributed by atoms with Gasteiger partial charge in [0.05, 0.1) is 18.2 Å². The lowest BCUT2D eigenvalue weighted by Crippen LogP contribution is -1.84. The molecule has 0 saturated carbocycles. The largest absolute Gasteiger partial charge is 0.441 e. The van der Waals surface area contributed by atoms with E-state index < -0.39 is 0 Å². The summed E-state index contributed by atoms with van der Waals surface area (Å²) in [4.78, 5) is 4.28. The Morgan fingerprint density at radius 2 is 2.07 bits per heavy atom. The van der Waals surface area contributed by atoms with Crippen molar-refractivity contribution in [3.05, 3.63) is 41.8 Å². The first-order valence-electron chi connectivity index (χ1n) is 4.70. The number of hydrogen-bond acceptors (Lipinski definition) is 3. The van der Waals surface area contributed by atoms with Crippen LogP contribution in [0.3, 0.4) is 0 Å². The smallest absolute Gasteiger partial charge is 0.226 e. The third-order valence-corrected chi connectivity index (χ3v) is 2.16. The molecule has 74 valence electrons. The summed E-state index contributed by atoms with van der Waals surface area (Å²) in [6.07, 6.45) is 0.294. The van der Waals surface area contributed by atoms with Crippen molar-refractivity contribution in [1.29, 1.82) is 5.26 Å². The first kappa shape index (κ1) is 9.47. The molecule has 0 amide bonds. The Labute approximate surface area is 88.0 Å². The third-order valence-electron chi connectivity index (χ3n) is 2.16. The van der Waals surface area contributed by atoms with Crippen molar-refractivity contribution in [2.75, 3.05) is 0 Å². The minimum absolute atomic E-state index is 0.294. The normalized spacial score (nSPS) is 9.87. The van der Waals surface area contributed by atoms with Crippen LogP contribution >= 0.6 is 0 Å². The van der Waals surface area contributed by atoms with Gasteiger partial charge in [0.15, 0.2) is 0 Å². The molecule has 0 aliphatic heterocycles. The fraction of sp³-hybridized carbons (Fsp3) is 0.167. The van der Waals surface area contributed by atoms with Crippen molar-refractivity contribution in [3.63, 3.8) is 0 Å². The molecule has 0 fully saturated rings. The van der Waals surface area contributed by atoms with Crippen molar-refractivity contribution >= 4 is 0 Å². The van der Waals surface area contributed by atoms with Gasteiger partial charge in [-0.05, 0) is 19.1 Å². The Balaban J connectivity index is 2.40. The summed E-state index contributed by atoms with van der Waals surface area (Å²) < 4.78 is 5.49. The van der Waals surface area contributed by atoms with E-state index in [4.69, 9.17) is 9.68 Å². The van der Waals surface area contributed by atoms with E-state index in [2.05, 4.69) is 11.1 Å². The molecule has 0 aliphatic carbocycles. The number of aromatic nitrogens is 1. The van der Waals surface area contributed by atoms with Crippen LogP contribution < -0.4 is 0 Å². The highest BCUT2D eigenvalue weighted by atomic mass is 16.4. The highest BCUT2D eigenvalue weighted by Gasteiger charge is 2.09. The van der Waals surface area contributed by atoms with Gasteiger partial charge < -0.3 is 4.42 Å². The summed E-state index contributed by atoms with van der Waals surface area (Å²) in [6, 6.07) is 11.7. The average Bonchev–Trinajstić information content (AvgIpc) is 2.63. The zero-order valence-electron chi connectivity index (χ0n) is 8.40. The Morgan fingerprint density at radius 3 is 2.73 bits per heavy atom. The maximum atomic E-state index is 8.59. The minimum Gasteiger partial charge on any atom is -0.441 e.